The van der Waals surface area contributed by atoms with Gasteiger partial charge in [0.05, 0.1) is 47.8 Å². The molecule has 65 heavy (non-hydrogen) atoms. The van der Waals surface area contributed by atoms with Crippen LogP contribution in [0.2, 0.25) is 5.15 Å². The van der Waals surface area contributed by atoms with Crippen molar-refractivity contribution in [3.05, 3.63) is 195 Å². The van der Waals surface area contributed by atoms with Crippen molar-refractivity contribution in [2.24, 2.45) is 0 Å². The third kappa shape index (κ3) is 10.9. The van der Waals surface area contributed by atoms with E-state index in [0.717, 1.165) is 47.8 Å². The number of aryl methyl sites for hydroxylation is 2. The van der Waals surface area contributed by atoms with Gasteiger partial charge in [-0.15, -0.1) is 0 Å². The van der Waals surface area contributed by atoms with Gasteiger partial charge in [-0.05, 0) is 99.2 Å². The zero-order valence-electron chi connectivity index (χ0n) is 37.3. The summed E-state index contributed by atoms with van der Waals surface area (Å²) in [7, 11) is 0. The van der Waals surface area contributed by atoms with Gasteiger partial charge in [-0.2, -0.15) is 14.7 Å². The number of carbonyl (C=O) groups excluding carboxylic acids is 2. The lowest BCUT2D eigenvalue weighted by Crippen LogP contribution is -2.32. The van der Waals surface area contributed by atoms with E-state index in [1.165, 1.54) is 41.3 Å². The molecule has 0 fully saturated rings. The number of carbonyl (C=O) groups is 2. The van der Waals surface area contributed by atoms with E-state index in [-0.39, 0.29) is 24.4 Å². The molecule has 10 rings (SSSR count). The number of nitrogens with zero attached hydrogens (tertiary/aromatic N) is 7. The number of ketones is 2. The summed E-state index contributed by atoms with van der Waals surface area (Å²) in [5.41, 5.74) is 9.40. The monoisotopic (exact) mass is 887 g/mol. The minimum absolute atomic E-state index is 0.00130. The number of aliphatic hydroxyl groups is 2. The van der Waals surface area contributed by atoms with Gasteiger partial charge in [0.2, 0.25) is 0 Å². The van der Waals surface area contributed by atoms with Crippen molar-refractivity contribution in [2.45, 2.75) is 90.4 Å². The van der Waals surface area contributed by atoms with Crippen molar-refractivity contribution < 1.29 is 19.8 Å². The summed E-state index contributed by atoms with van der Waals surface area (Å²) in [6.07, 6.45) is 10.1. The molecule has 2 aliphatic rings. The zero-order valence-corrected chi connectivity index (χ0v) is 38.0. The highest BCUT2D eigenvalue weighted by molar-refractivity contribution is 6.29. The number of halogens is 1. The van der Waals surface area contributed by atoms with Crippen LogP contribution in [0.25, 0.3) is 11.3 Å². The first-order chi connectivity index (χ1) is 31.2. The van der Waals surface area contributed by atoms with Crippen LogP contribution in [0.1, 0.15) is 106 Å². The number of rotatable bonds is 9. The van der Waals surface area contributed by atoms with Crippen molar-refractivity contribution in [1.29, 1.82) is 0 Å². The number of fused-ring (bicyclic) bond motifs is 4. The first-order valence-corrected chi connectivity index (χ1v) is 22.5. The fraction of sp³-hybridized carbons (Fsp3) is 0.283. The summed E-state index contributed by atoms with van der Waals surface area (Å²) < 4.78 is 3.35. The molecule has 12 heteroatoms. The third-order valence-electron chi connectivity index (χ3n) is 12.0. The first kappa shape index (κ1) is 45.1. The molecule has 0 bridgehead atoms. The topological polar surface area (TPSA) is 138 Å². The van der Waals surface area contributed by atoms with Crippen LogP contribution in [0.4, 0.5) is 5.82 Å². The Morgan fingerprint density at radius 2 is 1.03 bits per heavy atom. The van der Waals surface area contributed by atoms with Crippen molar-refractivity contribution in [1.82, 2.24) is 29.2 Å². The molecule has 0 saturated heterocycles. The molecular weight excluding hydrogens is 834 g/mol. The second-order valence-corrected chi connectivity index (χ2v) is 18.2. The average molecular weight is 889 g/mol. The van der Waals surface area contributed by atoms with Gasteiger partial charge < -0.3 is 15.1 Å². The maximum atomic E-state index is 13.0. The van der Waals surface area contributed by atoms with Crippen LogP contribution < -0.4 is 4.90 Å². The molecule has 0 unspecified atom stereocenters. The number of hydrogen-bond acceptors (Lipinski definition) is 9. The zero-order chi connectivity index (χ0) is 45.7. The Morgan fingerprint density at radius 3 is 1.54 bits per heavy atom. The van der Waals surface area contributed by atoms with Gasteiger partial charge in [0.15, 0.2) is 22.9 Å². The Hall–Kier alpha value is -6.53. The van der Waals surface area contributed by atoms with Crippen molar-refractivity contribution in [3.63, 3.8) is 0 Å². The molecule has 1 aliphatic heterocycles. The molecule has 0 spiro atoms. The highest BCUT2D eigenvalue weighted by atomic mass is 35.5. The summed E-state index contributed by atoms with van der Waals surface area (Å²) in [5, 5.41) is 29.0. The van der Waals surface area contributed by atoms with Crippen LogP contribution in [-0.2, 0) is 49.9 Å². The molecule has 332 valence electrons. The number of benzene rings is 4. The lowest BCUT2D eigenvalue weighted by molar-refractivity contribution is 0.0780. The molecule has 0 saturated carbocycles. The van der Waals surface area contributed by atoms with E-state index in [4.69, 9.17) is 11.6 Å². The van der Waals surface area contributed by atoms with Crippen LogP contribution in [-0.4, -0.2) is 57.5 Å². The Balaban J connectivity index is 0.000000151. The van der Waals surface area contributed by atoms with Gasteiger partial charge in [-0.1, -0.05) is 109 Å². The van der Waals surface area contributed by atoms with E-state index in [9.17, 15) is 19.8 Å². The number of hydrogen-bond donors (Lipinski definition) is 2. The van der Waals surface area contributed by atoms with Gasteiger partial charge >= 0.3 is 0 Å². The molecule has 0 radical (unpaired) electrons. The maximum absolute atomic E-state index is 13.0. The van der Waals surface area contributed by atoms with Crippen molar-refractivity contribution in [3.8, 4) is 0 Å². The van der Waals surface area contributed by atoms with Gasteiger partial charge in [0.1, 0.15) is 11.0 Å². The van der Waals surface area contributed by atoms with Crippen LogP contribution in [0, 0.1) is 0 Å². The molecule has 2 N–H and O–H groups in total. The van der Waals surface area contributed by atoms with E-state index in [1.807, 2.05) is 16.6 Å². The quantitative estimate of drug-likeness (QED) is 0.107. The molecule has 1 aliphatic carbocycles. The Kier molecular flexibility index (Phi) is 13.4. The fourth-order valence-corrected chi connectivity index (χ4v) is 8.56. The van der Waals surface area contributed by atoms with E-state index >= 15 is 0 Å². The van der Waals surface area contributed by atoms with E-state index in [0.29, 0.717) is 27.6 Å². The molecule has 8 aromatic rings. The Morgan fingerprint density at radius 1 is 0.585 bits per heavy atom. The van der Waals surface area contributed by atoms with Crippen LogP contribution in [0.3, 0.4) is 0 Å². The van der Waals surface area contributed by atoms with Gasteiger partial charge in [-0.3, -0.25) is 9.59 Å². The van der Waals surface area contributed by atoms with Crippen LogP contribution >= 0.6 is 11.6 Å². The van der Waals surface area contributed by atoms with Gasteiger partial charge in [-0.25, -0.2) is 14.5 Å². The number of Topliss-reactive ketones (excluding diaryl/α,β-unsaturated/α-hetero) is 2. The second kappa shape index (κ2) is 19.3. The maximum Gasteiger partial charge on any atom is 0.168 e. The summed E-state index contributed by atoms with van der Waals surface area (Å²) >= 11 is 6.13. The highest BCUT2D eigenvalue weighted by Gasteiger charge is 2.22. The van der Waals surface area contributed by atoms with E-state index in [1.54, 1.807) is 112 Å². The molecule has 4 aromatic heterocycles. The predicted molar refractivity (Wildman–Crippen MR) is 255 cm³/mol. The Labute approximate surface area is 384 Å². The first-order valence-electron chi connectivity index (χ1n) is 22.1. The van der Waals surface area contributed by atoms with E-state index < -0.39 is 11.2 Å². The SMILES string of the molecule is CC(C)(O)c1ccc(C(=O)Cc2cc(Cl)n3nccc3n2)cc1.CC(C)(O)c1ccc(C(=O)Cc2cc(N3CCc4ccccc4C3)n3nccc3n2)cc1.c1ccc2c(c1)CCCC2. The van der Waals surface area contributed by atoms with Gasteiger partial charge in [0, 0.05) is 42.4 Å². The average Bonchev–Trinajstić information content (AvgIpc) is 3.99. The molecule has 0 atom stereocenters. The fourth-order valence-electron chi connectivity index (χ4n) is 8.31. The van der Waals surface area contributed by atoms with E-state index in [2.05, 4.69) is 73.6 Å². The Bertz CT molecular complexity index is 2920. The van der Waals surface area contributed by atoms with Crippen LogP contribution in [0.15, 0.2) is 134 Å². The highest BCUT2D eigenvalue weighted by Crippen LogP contribution is 2.27. The molecular formula is C53H54ClN7O4. The van der Waals surface area contributed by atoms with Crippen LogP contribution in [0.5, 0.6) is 0 Å². The standard InChI is InChI=1S/C26H26N4O2.C17H16ClN3O2.C10H12/c1-26(2,32)21-9-7-19(8-10-21)23(31)15-22-16-25(30-24(28-22)11-13-27-30)29-14-12-18-5-3-4-6-20(18)17-29;1-17(2,23)12-5-3-11(4-6-12)14(22)9-13-10-15(18)21-16(20-13)7-8-19-21;1-2-6-10-8-4-3-7-9(10)5-1/h3-11,13,16,32H,12,14-15,17H2,1-2H3;3-8,10,23H,9H2,1-2H3;1-2,5-6H,3-4,7-8H2. The lowest BCUT2D eigenvalue weighted by Gasteiger charge is -2.31. The smallest absolute Gasteiger partial charge is 0.168 e. The van der Waals surface area contributed by atoms with Gasteiger partial charge in [0.25, 0.3) is 0 Å². The normalized spacial score (nSPS) is 13.6. The molecule has 4 aromatic carbocycles. The number of aromatic nitrogens is 6. The molecule has 5 heterocycles. The minimum Gasteiger partial charge on any atom is -0.386 e. The largest absolute Gasteiger partial charge is 0.386 e. The number of anilines is 1. The minimum atomic E-state index is -0.932. The molecule has 11 nitrogen and oxygen atoms in total. The summed E-state index contributed by atoms with van der Waals surface area (Å²) in [5.74, 6) is 0.896. The third-order valence-corrected chi connectivity index (χ3v) is 12.3. The summed E-state index contributed by atoms with van der Waals surface area (Å²) in [6.45, 7) is 8.57. The summed E-state index contributed by atoms with van der Waals surface area (Å²) in [6, 6.07) is 38.7. The lowest BCUT2D eigenvalue weighted by atomic mass is 9.92. The second-order valence-electron chi connectivity index (χ2n) is 17.8. The molecule has 0 amide bonds. The predicted octanol–water partition coefficient (Wildman–Crippen LogP) is 9.55. The summed E-state index contributed by atoms with van der Waals surface area (Å²) in [4.78, 5) is 36.7. The van der Waals surface area contributed by atoms with Crippen molar-refractivity contribution >= 4 is 40.3 Å². The van der Waals surface area contributed by atoms with Crippen molar-refractivity contribution in [2.75, 3.05) is 11.4 Å².